The third kappa shape index (κ3) is 4.06. The van der Waals surface area contributed by atoms with Gasteiger partial charge in [-0.25, -0.2) is 4.98 Å². The van der Waals surface area contributed by atoms with Gasteiger partial charge < -0.3 is 14.6 Å². The molecule has 0 aliphatic heterocycles. The molecule has 0 aliphatic rings. The van der Waals surface area contributed by atoms with Gasteiger partial charge in [0.25, 0.3) is 5.91 Å². The molecular formula is C20H20ClN3O2. The molecule has 0 spiro atoms. The predicted octanol–water partition coefficient (Wildman–Crippen LogP) is 4.08. The molecule has 1 unspecified atom stereocenters. The summed E-state index contributed by atoms with van der Waals surface area (Å²) in [6.45, 7) is 2.45. The molecule has 0 radical (unpaired) electrons. The van der Waals surface area contributed by atoms with E-state index in [-0.39, 0.29) is 11.9 Å². The van der Waals surface area contributed by atoms with Crippen molar-refractivity contribution in [2.45, 2.75) is 19.5 Å². The molecule has 5 nitrogen and oxygen atoms in total. The number of methoxy groups -OCH3 is 1. The first kappa shape index (κ1) is 18.0. The molecule has 1 N–H and O–H groups in total. The molecule has 0 aliphatic carbocycles. The molecule has 0 saturated heterocycles. The standard InChI is InChI=1S/C20H20ClN3O2/c1-14(17-5-3-4-6-18(17)21)23-20(25)19-22-11-12-24(19)13-15-7-9-16(26-2)10-8-15/h3-12,14H,13H2,1-2H3,(H,23,25). The Kier molecular flexibility index (Phi) is 5.58. The number of carbonyl (C=O) groups excluding carboxylic acids is 1. The lowest BCUT2D eigenvalue weighted by atomic mass is 10.1. The van der Waals surface area contributed by atoms with Crippen molar-refractivity contribution in [3.8, 4) is 5.75 Å². The largest absolute Gasteiger partial charge is 0.497 e. The van der Waals surface area contributed by atoms with E-state index in [0.717, 1.165) is 16.9 Å². The van der Waals surface area contributed by atoms with Crippen molar-refractivity contribution in [2.75, 3.05) is 7.11 Å². The molecule has 3 rings (SSSR count). The van der Waals surface area contributed by atoms with Crippen LogP contribution in [0.3, 0.4) is 0 Å². The highest BCUT2D eigenvalue weighted by molar-refractivity contribution is 6.31. The minimum absolute atomic E-state index is 0.220. The van der Waals surface area contributed by atoms with Gasteiger partial charge in [0.05, 0.1) is 13.2 Å². The first-order chi connectivity index (χ1) is 12.6. The smallest absolute Gasteiger partial charge is 0.287 e. The number of rotatable bonds is 6. The highest BCUT2D eigenvalue weighted by Gasteiger charge is 2.17. The van der Waals surface area contributed by atoms with Crippen molar-refractivity contribution in [2.24, 2.45) is 0 Å². The van der Waals surface area contributed by atoms with E-state index in [9.17, 15) is 4.79 Å². The minimum atomic E-state index is -0.240. The Labute approximate surface area is 157 Å². The van der Waals surface area contributed by atoms with Crippen molar-refractivity contribution >= 4 is 17.5 Å². The lowest BCUT2D eigenvalue weighted by Crippen LogP contribution is -2.29. The van der Waals surface area contributed by atoms with Crippen LogP contribution >= 0.6 is 11.6 Å². The summed E-state index contributed by atoms with van der Waals surface area (Å²) >= 11 is 6.21. The summed E-state index contributed by atoms with van der Waals surface area (Å²) in [6.07, 6.45) is 3.41. The molecule has 1 heterocycles. The zero-order chi connectivity index (χ0) is 18.5. The van der Waals surface area contributed by atoms with E-state index in [0.29, 0.717) is 17.4 Å². The fourth-order valence-electron chi connectivity index (χ4n) is 2.74. The summed E-state index contributed by atoms with van der Waals surface area (Å²) < 4.78 is 6.98. The van der Waals surface area contributed by atoms with Gasteiger partial charge in [0.15, 0.2) is 5.82 Å². The van der Waals surface area contributed by atoms with Gasteiger partial charge in [-0.2, -0.15) is 0 Å². The van der Waals surface area contributed by atoms with Gasteiger partial charge in [-0.1, -0.05) is 41.9 Å². The Balaban J connectivity index is 1.72. The van der Waals surface area contributed by atoms with Crippen LogP contribution in [-0.2, 0) is 6.54 Å². The number of carbonyl (C=O) groups is 1. The molecule has 1 amide bonds. The lowest BCUT2D eigenvalue weighted by molar-refractivity contribution is 0.0925. The van der Waals surface area contributed by atoms with Gasteiger partial charge >= 0.3 is 0 Å². The first-order valence-electron chi connectivity index (χ1n) is 8.28. The van der Waals surface area contributed by atoms with Gasteiger partial charge in [-0.05, 0) is 36.2 Å². The average molecular weight is 370 g/mol. The van der Waals surface area contributed by atoms with Crippen LogP contribution in [0, 0.1) is 0 Å². The zero-order valence-corrected chi connectivity index (χ0v) is 15.4. The van der Waals surface area contributed by atoms with Crippen LogP contribution in [0.25, 0.3) is 0 Å². The van der Waals surface area contributed by atoms with Crippen molar-refractivity contribution in [3.63, 3.8) is 0 Å². The van der Waals surface area contributed by atoms with Crippen molar-refractivity contribution in [1.82, 2.24) is 14.9 Å². The van der Waals surface area contributed by atoms with Crippen LogP contribution in [0.2, 0.25) is 5.02 Å². The van der Waals surface area contributed by atoms with E-state index in [2.05, 4.69) is 10.3 Å². The Morgan fingerprint density at radius 1 is 1.23 bits per heavy atom. The molecular weight excluding hydrogens is 350 g/mol. The van der Waals surface area contributed by atoms with Crippen LogP contribution in [-0.4, -0.2) is 22.6 Å². The summed E-state index contributed by atoms with van der Waals surface area (Å²) in [6, 6.07) is 15.0. The van der Waals surface area contributed by atoms with Crippen molar-refractivity contribution < 1.29 is 9.53 Å². The number of benzene rings is 2. The highest BCUT2D eigenvalue weighted by Crippen LogP contribution is 2.22. The molecule has 0 fully saturated rings. The second-order valence-corrected chi connectivity index (χ2v) is 6.35. The maximum atomic E-state index is 12.7. The number of nitrogens with one attached hydrogen (secondary N) is 1. The zero-order valence-electron chi connectivity index (χ0n) is 14.6. The van der Waals surface area contributed by atoms with Crippen LogP contribution in [0.4, 0.5) is 0 Å². The average Bonchev–Trinajstić information content (AvgIpc) is 3.11. The second-order valence-electron chi connectivity index (χ2n) is 5.94. The molecule has 1 atom stereocenters. The van der Waals surface area contributed by atoms with Gasteiger partial charge in [-0.3, -0.25) is 4.79 Å². The van der Waals surface area contributed by atoms with Crippen molar-refractivity contribution in [1.29, 1.82) is 0 Å². The minimum Gasteiger partial charge on any atom is -0.497 e. The molecule has 0 saturated carbocycles. The summed E-state index contributed by atoms with van der Waals surface area (Å²) in [5.41, 5.74) is 1.92. The predicted molar refractivity (Wildman–Crippen MR) is 102 cm³/mol. The number of nitrogens with zero attached hydrogens (tertiary/aromatic N) is 2. The monoisotopic (exact) mass is 369 g/mol. The number of hydrogen-bond donors (Lipinski definition) is 1. The number of amides is 1. The van der Waals surface area contributed by atoms with Crippen molar-refractivity contribution in [3.05, 3.63) is 82.9 Å². The van der Waals surface area contributed by atoms with Gasteiger partial charge in [0.2, 0.25) is 0 Å². The van der Waals surface area contributed by atoms with Crippen LogP contribution in [0.15, 0.2) is 60.9 Å². The van der Waals surface area contributed by atoms with E-state index >= 15 is 0 Å². The Morgan fingerprint density at radius 2 is 1.96 bits per heavy atom. The number of halogens is 1. The molecule has 0 bridgehead atoms. The third-order valence-corrected chi connectivity index (χ3v) is 4.49. The highest BCUT2D eigenvalue weighted by atomic mass is 35.5. The van der Waals surface area contributed by atoms with E-state index in [1.54, 1.807) is 19.5 Å². The summed E-state index contributed by atoms with van der Waals surface area (Å²) in [7, 11) is 1.63. The number of aromatic nitrogens is 2. The molecule has 2 aromatic carbocycles. The van der Waals surface area contributed by atoms with Crippen LogP contribution in [0.1, 0.15) is 34.7 Å². The van der Waals surface area contributed by atoms with E-state index in [4.69, 9.17) is 16.3 Å². The van der Waals surface area contributed by atoms with E-state index in [1.807, 2.05) is 60.0 Å². The first-order valence-corrected chi connectivity index (χ1v) is 8.65. The summed E-state index contributed by atoms with van der Waals surface area (Å²) in [5, 5.41) is 3.58. The maximum absolute atomic E-state index is 12.7. The number of ether oxygens (including phenoxy) is 1. The molecule has 1 aromatic heterocycles. The fraction of sp³-hybridized carbons (Fsp3) is 0.200. The van der Waals surface area contributed by atoms with Gasteiger partial charge in [-0.15, -0.1) is 0 Å². The SMILES string of the molecule is COc1ccc(Cn2ccnc2C(=O)NC(C)c2ccccc2Cl)cc1. The van der Waals surface area contributed by atoms with E-state index < -0.39 is 0 Å². The Hall–Kier alpha value is -2.79. The normalized spacial score (nSPS) is 11.8. The fourth-order valence-corrected chi connectivity index (χ4v) is 3.04. The van der Waals surface area contributed by atoms with Gasteiger partial charge in [0, 0.05) is 24.0 Å². The third-order valence-electron chi connectivity index (χ3n) is 4.15. The van der Waals surface area contributed by atoms with E-state index in [1.165, 1.54) is 0 Å². The molecule has 134 valence electrons. The van der Waals surface area contributed by atoms with Crippen LogP contribution in [0.5, 0.6) is 5.75 Å². The number of imidazole rings is 1. The quantitative estimate of drug-likeness (QED) is 0.712. The Morgan fingerprint density at radius 3 is 2.65 bits per heavy atom. The van der Waals surface area contributed by atoms with Crippen LogP contribution < -0.4 is 10.1 Å². The summed E-state index contributed by atoms with van der Waals surface area (Å²) in [5.74, 6) is 0.918. The summed E-state index contributed by atoms with van der Waals surface area (Å²) in [4.78, 5) is 16.9. The topological polar surface area (TPSA) is 56.2 Å². The molecule has 6 heteroatoms. The molecule has 26 heavy (non-hydrogen) atoms. The lowest BCUT2D eigenvalue weighted by Gasteiger charge is -2.16. The molecule has 3 aromatic rings. The van der Waals surface area contributed by atoms with Gasteiger partial charge in [0.1, 0.15) is 5.75 Å². The Bertz CT molecular complexity index is 890. The second kappa shape index (κ2) is 8.06. The number of hydrogen-bond acceptors (Lipinski definition) is 3. The maximum Gasteiger partial charge on any atom is 0.287 e.